The normalized spacial score (nSPS) is 30.4. The molecule has 7 N–H and O–H groups in total. The van der Waals surface area contributed by atoms with Gasteiger partial charge in [-0.25, -0.2) is 4.99 Å². The molecule has 5 aliphatic rings. The van der Waals surface area contributed by atoms with E-state index in [1.165, 1.54) is 64.2 Å². The second-order valence-corrected chi connectivity index (χ2v) is 19.1. The highest BCUT2D eigenvalue weighted by molar-refractivity contribution is 5.87. The number of guanidine groups is 1. The van der Waals surface area contributed by atoms with Crippen LogP contribution in [0.3, 0.4) is 0 Å². The molecule has 0 bridgehead atoms. The Bertz CT molecular complexity index is 1320. The number of esters is 1. The van der Waals surface area contributed by atoms with E-state index in [0.29, 0.717) is 64.4 Å². The first-order valence-corrected chi connectivity index (χ1v) is 24.9. The summed E-state index contributed by atoms with van der Waals surface area (Å²) in [4.78, 5) is 35.8. The van der Waals surface area contributed by atoms with Crippen LogP contribution >= 0.6 is 0 Å². The summed E-state index contributed by atoms with van der Waals surface area (Å²) in [5.74, 6) is -0.517. The van der Waals surface area contributed by atoms with Gasteiger partial charge in [-0.05, 0) is 103 Å². The molecule has 13 heteroatoms. The number of hydrogen-bond donors (Lipinski definition) is 5. The summed E-state index contributed by atoms with van der Waals surface area (Å²) in [6.07, 6.45) is 28.5. The van der Waals surface area contributed by atoms with Gasteiger partial charge in [-0.2, -0.15) is 0 Å². The Morgan fingerprint density at radius 2 is 1.53 bits per heavy atom. The largest absolute Gasteiger partial charge is 0.465 e. The first-order chi connectivity index (χ1) is 29.1. The van der Waals surface area contributed by atoms with Gasteiger partial charge in [0.25, 0.3) is 0 Å². The van der Waals surface area contributed by atoms with Crippen LogP contribution in [0.15, 0.2) is 4.99 Å². The van der Waals surface area contributed by atoms with Crippen molar-refractivity contribution in [2.45, 2.75) is 242 Å². The molecule has 0 saturated carbocycles. The number of amides is 1. The zero-order valence-corrected chi connectivity index (χ0v) is 37.9. The molecule has 1 amide bonds. The minimum absolute atomic E-state index is 0.0461. The van der Waals surface area contributed by atoms with Crippen molar-refractivity contribution in [2.24, 2.45) is 22.4 Å². The van der Waals surface area contributed by atoms with Crippen molar-refractivity contribution in [1.29, 1.82) is 0 Å². The summed E-state index contributed by atoms with van der Waals surface area (Å²) in [5.41, 5.74) is 8.14. The molecule has 4 fully saturated rings. The molecule has 0 aromatic heterocycles. The first-order valence-electron chi connectivity index (χ1n) is 24.9. The highest BCUT2D eigenvalue weighted by Gasteiger charge is 2.69. The predicted molar refractivity (Wildman–Crippen MR) is 237 cm³/mol. The van der Waals surface area contributed by atoms with Gasteiger partial charge in [0.1, 0.15) is 5.72 Å². The Balaban J connectivity index is 0.930. The van der Waals surface area contributed by atoms with E-state index in [4.69, 9.17) is 30.7 Å². The van der Waals surface area contributed by atoms with E-state index in [1.807, 2.05) is 11.8 Å². The van der Waals surface area contributed by atoms with Gasteiger partial charge < -0.3 is 51.0 Å². The van der Waals surface area contributed by atoms with Gasteiger partial charge in [-0.15, -0.1) is 0 Å². The lowest BCUT2D eigenvalue weighted by molar-refractivity contribution is -0.244. The Hall–Kier alpha value is -2.03. The van der Waals surface area contributed by atoms with Gasteiger partial charge in [0.2, 0.25) is 11.9 Å². The quantitative estimate of drug-likeness (QED) is 0.0418. The maximum atomic E-state index is 14.1. The van der Waals surface area contributed by atoms with Crippen LogP contribution in [0.1, 0.15) is 200 Å². The number of nitrogens with one attached hydrogen (secondary N) is 1. The van der Waals surface area contributed by atoms with E-state index < -0.39 is 29.2 Å². The van der Waals surface area contributed by atoms with Crippen LogP contribution in [0, 0.1) is 5.92 Å². The Kier molecular flexibility index (Phi) is 20.2. The highest BCUT2D eigenvalue weighted by Crippen LogP contribution is 2.54. The zero-order valence-electron chi connectivity index (χ0n) is 37.9. The number of hydrogen-bond acceptors (Lipinski definition) is 12. The van der Waals surface area contributed by atoms with Crippen molar-refractivity contribution < 1.29 is 34.0 Å². The number of aliphatic hydroxyl groups excluding tert-OH is 1. The van der Waals surface area contributed by atoms with Crippen molar-refractivity contribution in [2.75, 3.05) is 32.8 Å². The Morgan fingerprint density at radius 1 is 0.867 bits per heavy atom. The van der Waals surface area contributed by atoms with Gasteiger partial charge in [0, 0.05) is 32.0 Å². The summed E-state index contributed by atoms with van der Waals surface area (Å²) < 4.78 is 19.5. The first kappa shape index (κ1) is 49.0. The summed E-state index contributed by atoms with van der Waals surface area (Å²) >= 11 is 0. The van der Waals surface area contributed by atoms with Crippen molar-refractivity contribution >= 4 is 17.8 Å². The number of ether oxygens (including phenoxy) is 3. The number of nitrogens with zero attached hydrogens (tertiary/aromatic N) is 3. The zero-order chi connectivity index (χ0) is 42.9. The van der Waals surface area contributed by atoms with Crippen LogP contribution in [0.2, 0.25) is 0 Å². The molecule has 4 saturated heterocycles. The molecule has 346 valence electrons. The number of rotatable bonds is 27. The van der Waals surface area contributed by atoms with Crippen molar-refractivity contribution in [3.05, 3.63) is 0 Å². The van der Waals surface area contributed by atoms with Gasteiger partial charge in [-0.3, -0.25) is 9.59 Å². The third-order valence-corrected chi connectivity index (χ3v) is 14.2. The monoisotopic (exact) mass is 847 g/mol. The minimum atomic E-state index is -1.41. The molecular formula is C47H86N6O7. The number of aliphatic hydroxyl groups is 2. The molecule has 5 heterocycles. The van der Waals surface area contributed by atoms with Crippen LogP contribution in [-0.2, 0) is 23.8 Å². The second kappa shape index (κ2) is 24.7. The number of nitrogens with two attached hydrogens (primary N) is 2. The molecule has 0 radical (unpaired) electrons. The number of aliphatic imine (C=N–C) groups is 1. The summed E-state index contributed by atoms with van der Waals surface area (Å²) in [6.45, 7) is 6.52. The fraction of sp³-hybridized carbons (Fsp3) is 0.936. The molecule has 13 nitrogen and oxygen atoms in total. The van der Waals surface area contributed by atoms with Crippen molar-refractivity contribution in [1.82, 2.24) is 15.1 Å². The third-order valence-electron chi connectivity index (χ3n) is 14.2. The number of unbranched alkanes of at least 4 members (excludes halogenated alkanes) is 14. The maximum Gasteiger partial charge on any atom is 0.318 e. The van der Waals surface area contributed by atoms with E-state index in [2.05, 4.69) is 12.2 Å². The lowest BCUT2D eigenvalue weighted by Crippen LogP contribution is -2.75. The molecule has 2 spiro atoms. The van der Waals surface area contributed by atoms with E-state index in [-0.39, 0.29) is 30.1 Å². The SMILES string of the molecule is CC[C@@H]1CCCC[C@]2(C[C@H]3CCC4(O)C(C(=O)OCCCCCCCCCCCCCCCCCC(=O)N(CCCN)CC(O)CCN)[C@@]5(CCC[C@H](C)O5)N=C(N2)N34)O1. The molecule has 0 aromatic carbocycles. The van der Waals surface area contributed by atoms with Crippen molar-refractivity contribution in [3.63, 3.8) is 0 Å². The molecule has 0 aromatic rings. The van der Waals surface area contributed by atoms with Crippen LogP contribution < -0.4 is 16.8 Å². The molecule has 60 heavy (non-hydrogen) atoms. The molecule has 3 unspecified atom stereocenters. The predicted octanol–water partition coefficient (Wildman–Crippen LogP) is 7.14. The number of carbonyl (C=O) groups excluding carboxylic acids is 2. The van der Waals surface area contributed by atoms with Crippen LogP contribution in [0.25, 0.3) is 0 Å². The maximum absolute atomic E-state index is 14.1. The van der Waals surface area contributed by atoms with Gasteiger partial charge in [0.05, 0.1) is 24.9 Å². The average molecular weight is 847 g/mol. The molecule has 5 rings (SSSR count). The Morgan fingerprint density at radius 3 is 2.17 bits per heavy atom. The van der Waals surface area contributed by atoms with Gasteiger partial charge in [-0.1, -0.05) is 96.8 Å². The minimum Gasteiger partial charge on any atom is -0.465 e. The lowest BCUT2D eigenvalue weighted by Gasteiger charge is -2.58. The van der Waals surface area contributed by atoms with E-state index in [0.717, 1.165) is 96.3 Å². The van der Waals surface area contributed by atoms with Gasteiger partial charge >= 0.3 is 5.97 Å². The second-order valence-electron chi connectivity index (χ2n) is 19.1. The summed E-state index contributed by atoms with van der Waals surface area (Å²) in [6, 6.07) is 0.0461. The Labute approximate surface area is 362 Å². The van der Waals surface area contributed by atoms with E-state index in [9.17, 15) is 19.8 Å². The number of carbonyl (C=O) groups is 2. The van der Waals surface area contributed by atoms with Crippen LogP contribution in [0.5, 0.6) is 0 Å². The van der Waals surface area contributed by atoms with E-state index in [1.54, 1.807) is 4.90 Å². The molecular weight excluding hydrogens is 761 g/mol. The van der Waals surface area contributed by atoms with E-state index >= 15 is 0 Å². The fourth-order valence-electron chi connectivity index (χ4n) is 10.9. The topological polar surface area (TPSA) is 185 Å². The van der Waals surface area contributed by atoms with Crippen LogP contribution in [-0.4, -0.2) is 112 Å². The molecule has 8 atom stereocenters. The highest BCUT2D eigenvalue weighted by atomic mass is 16.6. The fourth-order valence-corrected chi connectivity index (χ4v) is 10.9. The molecule has 0 aliphatic carbocycles. The molecule has 5 aliphatic heterocycles. The smallest absolute Gasteiger partial charge is 0.318 e. The van der Waals surface area contributed by atoms with Crippen LogP contribution in [0.4, 0.5) is 0 Å². The lowest BCUT2D eigenvalue weighted by atomic mass is 9.78. The van der Waals surface area contributed by atoms with Gasteiger partial charge in [0.15, 0.2) is 17.4 Å². The third kappa shape index (κ3) is 13.5. The summed E-state index contributed by atoms with van der Waals surface area (Å²) in [7, 11) is 0. The van der Waals surface area contributed by atoms with Crippen molar-refractivity contribution in [3.8, 4) is 0 Å². The standard InChI is InChI=1S/C47H86N6O7/c1-3-40-24-18-19-28-45(60-40)35-38-26-30-47(57)42(46(29-21-23-37(2)59-46)51-44(50-45)53(38)47)43(56)58-34-20-16-14-12-10-8-6-4-5-7-9-11-13-15-17-25-41(55)52(33-22-31-48)36-39(54)27-32-49/h37-40,42,54,57H,3-36,48-49H2,1-2H3,(H,50,51)/t37-,38+,39?,40+,42?,45+,46-,47?/m0/s1. The average Bonchev–Trinajstić information content (AvgIpc) is 3.42. The summed E-state index contributed by atoms with van der Waals surface area (Å²) in [5, 5.41) is 26.4.